The first-order valence-electron chi connectivity index (χ1n) is 8.58. The van der Waals surface area contributed by atoms with Crippen LogP contribution in [0.5, 0.6) is 0 Å². The fraction of sp³-hybridized carbons (Fsp3) is 0.300. The quantitative estimate of drug-likeness (QED) is 0.668. The Morgan fingerprint density at radius 1 is 0.846 bits per heavy atom. The number of nitrogens with one attached hydrogen (secondary N) is 2. The Morgan fingerprint density at radius 2 is 1.35 bits per heavy atom. The lowest BCUT2D eigenvalue weighted by Gasteiger charge is -2.11. The number of benzene rings is 2. The third-order valence-corrected chi connectivity index (χ3v) is 3.97. The maximum absolute atomic E-state index is 12.2. The minimum atomic E-state index is -0.140. The van der Waals surface area contributed by atoms with Crippen LogP contribution in [0.15, 0.2) is 48.5 Å². The lowest BCUT2D eigenvalue weighted by atomic mass is 10.1. The first-order chi connectivity index (χ1) is 12.5. The van der Waals surface area contributed by atoms with Gasteiger partial charge in [0.1, 0.15) is 0 Å². The molecule has 0 saturated carbocycles. The van der Waals surface area contributed by atoms with Gasteiger partial charge in [-0.2, -0.15) is 0 Å². The van der Waals surface area contributed by atoms with E-state index in [1.54, 1.807) is 24.3 Å². The molecule has 6 nitrogen and oxygen atoms in total. The molecule has 0 aliphatic heterocycles. The van der Waals surface area contributed by atoms with E-state index in [1.165, 1.54) is 0 Å². The summed E-state index contributed by atoms with van der Waals surface area (Å²) in [6.07, 6.45) is 0. The van der Waals surface area contributed by atoms with Crippen molar-refractivity contribution in [2.24, 2.45) is 5.73 Å². The van der Waals surface area contributed by atoms with Gasteiger partial charge in [-0.3, -0.25) is 9.59 Å². The molecule has 2 rings (SSSR count). The largest absolute Gasteiger partial charge is 0.351 e. The van der Waals surface area contributed by atoms with E-state index in [-0.39, 0.29) is 11.8 Å². The van der Waals surface area contributed by atoms with Gasteiger partial charge in [-0.05, 0) is 49.5 Å². The molecular weight excluding hydrogens is 328 g/mol. The lowest BCUT2D eigenvalue weighted by molar-refractivity contribution is 0.0941. The zero-order valence-corrected chi connectivity index (χ0v) is 15.3. The smallest absolute Gasteiger partial charge is 0.251 e. The van der Waals surface area contributed by atoms with E-state index in [4.69, 9.17) is 5.73 Å². The van der Waals surface area contributed by atoms with Gasteiger partial charge in [0.15, 0.2) is 0 Å². The second-order valence-electron chi connectivity index (χ2n) is 6.34. The summed E-state index contributed by atoms with van der Waals surface area (Å²) in [5.41, 5.74) is 8.68. The highest BCUT2D eigenvalue weighted by molar-refractivity contribution is 5.95. The van der Waals surface area contributed by atoms with E-state index in [0.29, 0.717) is 30.8 Å². The van der Waals surface area contributed by atoms with Gasteiger partial charge >= 0.3 is 0 Å². The number of carbonyl (C=O) groups excluding carboxylic acids is 2. The molecule has 0 aromatic heterocycles. The number of hydrogen-bond donors (Lipinski definition) is 3. The third-order valence-electron chi connectivity index (χ3n) is 3.97. The molecule has 0 aliphatic carbocycles. The molecule has 0 bridgehead atoms. The van der Waals surface area contributed by atoms with E-state index in [9.17, 15) is 9.59 Å². The molecule has 0 unspecified atom stereocenters. The van der Waals surface area contributed by atoms with Gasteiger partial charge in [-0.15, -0.1) is 0 Å². The normalized spacial score (nSPS) is 10.6. The molecule has 0 atom stereocenters. The molecule has 6 heteroatoms. The van der Waals surface area contributed by atoms with Crippen molar-refractivity contribution in [2.75, 3.05) is 27.2 Å². The Balaban J connectivity index is 1.84. The van der Waals surface area contributed by atoms with Crippen LogP contribution in [0.2, 0.25) is 0 Å². The monoisotopic (exact) mass is 354 g/mol. The van der Waals surface area contributed by atoms with Crippen molar-refractivity contribution in [3.63, 3.8) is 0 Å². The van der Waals surface area contributed by atoms with Crippen LogP contribution in [-0.2, 0) is 13.1 Å². The molecule has 26 heavy (non-hydrogen) atoms. The van der Waals surface area contributed by atoms with Gasteiger partial charge in [0.25, 0.3) is 11.8 Å². The first-order valence-corrected chi connectivity index (χ1v) is 8.58. The Labute approximate surface area is 154 Å². The number of nitrogens with zero attached hydrogens (tertiary/aromatic N) is 1. The molecule has 138 valence electrons. The number of carbonyl (C=O) groups is 2. The van der Waals surface area contributed by atoms with Crippen LogP contribution in [0.4, 0.5) is 0 Å². The van der Waals surface area contributed by atoms with Crippen LogP contribution >= 0.6 is 0 Å². The topological polar surface area (TPSA) is 87.5 Å². The molecule has 2 aromatic rings. The Kier molecular flexibility index (Phi) is 7.32. The molecule has 0 radical (unpaired) electrons. The summed E-state index contributed by atoms with van der Waals surface area (Å²) >= 11 is 0. The number of hydrogen-bond acceptors (Lipinski definition) is 4. The summed E-state index contributed by atoms with van der Waals surface area (Å²) in [6, 6.07) is 14.4. The Hall–Kier alpha value is -2.70. The second-order valence-corrected chi connectivity index (χ2v) is 6.34. The summed E-state index contributed by atoms with van der Waals surface area (Å²) in [4.78, 5) is 26.2. The lowest BCUT2D eigenvalue weighted by Crippen LogP contribution is -2.31. The SMILES string of the molecule is CN(C)CCNC(=O)c1ccc(CNC(=O)c2ccc(CN)cc2)cc1. The van der Waals surface area contributed by atoms with Crippen LogP contribution < -0.4 is 16.4 Å². The van der Waals surface area contributed by atoms with Crippen molar-refractivity contribution in [2.45, 2.75) is 13.1 Å². The summed E-state index contributed by atoms with van der Waals surface area (Å²) in [6.45, 7) is 2.26. The summed E-state index contributed by atoms with van der Waals surface area (Å²) < 4.78 is 0. The standard InChI is InChI=1S/C20H26N4O2/c1-24(2)12-11-22-19(25)17-9-5-16(6-10-17)14-23-20(26)18-7-3-15(13-21)4-8-18/h3-10H,11-14,21H2,1-2H3,(H,22,25)(H,23,26). The zero-order valence-electron chi connectivity index (χ0n) is 15.3. The number of rotatable bonds is 8. The van der Waals surface area contributed by atoms with Gasteiger partial charge in [0, 0.05) is 37.3 Å². The van der Waals surface area contributed by atoms with Gasteiger partial charge in [0.05, 0.1) is 0 Å². The van der Waals surface area contributed by atoms with Crippen LogP contribution in [0.25, 0.3) is 0 Å². The van der Waals surface area contributed by atoms with E-state index in [1.807, 2.05) is 43.3 Å². The van der Waals surface area contributed by atoms with E-state index >= 15 is 0 Å². The molecule has 0 fully saturated rings. The fourth-order valence-corrected chi connectivity index (χ4v) is 2.35. The highest BCUT2D eigenvalue weighted by atomic mass is 16.2. The first kappa shape index (κ1) is 19.6. The number of likely N-dealkylation sites (N-methyl/N-ethyl adjacent to an activating group) is 1. The Bertz CT molecular complexity index is 724. The van der Waals surface area contributed by atoms with Crippen molar-refractivity contribution < 1.29 is 9.59 Å². The second kappa shape index (κ2) is 9.70. The highest BCUT2D eigenvalue weighted by Gasteiger charge is 2.07. The molecular formula is C20H26N4O2. The van der Waals surface area contributed by atoms with Crippen LogP contribution in [0.1, 0.15) is 31.8 Å². The van der Waals surface area contributed by atoms with Crippen molar-refractivity contribution in [3.05, 3.63) is 70.8 Å². The summed E-state index contributed by atoms with van der Waals surface area (Å²) in [7, 11) is 3.92. The number of amides is 2. The predicted octanol–water partition coefficient (Wildman–Crippen LogP) is 1.37. The van der Waals surface area contributed by atoms with E-state index in [2.05, 4.69) is 10.6 Å². The zero-order chi connectivity index (χ0) is 18.9. The minimum absolute atomic E-state index is 0.0950. The minimum Gasteiger partial charge on any atom is -0.351 e. The van der Waals surface area contributed by atoms with Crippen LogP contribution in [-0.4, -0.2) is 43.9 Å². The van der Waals surface area contributed by atoms with E-state index in [0.717, 1.165) is 17.7 Å². The molecule has 0 saturated heterocycles. The van der Waals surface area contributed by atoms with Crippen molar-refractivity contribution in [1.82, 2.24) is 15.5 Å². The average molecular weight is 354 g/mol. The third kappa shape index (κ3) is 5.98. The predicted molar refractivity (Wildman–Crippen MR) is 103 cm³/mol. The van der Waals surface area contributed by atoms with Crippen molar-refractivity contribution in [1.29, 1.82) is 0 Å². The molecule has 2 aromatic carbocycles. The molecule has 2 amide bonds. The Morgan fingerprint density at radius 3 is 1.85 bits per heavy atom. The van der Waals surface area contributed by atoms with Gasteiger partial charge in [0.2, 0.25) is 0 Å². The maximum Gasteiger partial charge on any atom is 0.251 e. The maximum atomic E-state index is 12.2. The fourth-order valence-electron chi connectivity index (χ4n) is 2.35. The highest BCUT2D eigenvalue weighted by Crippen LogP contribution is 2.07. The molecule has 4 N–H and O–H groups in total. The van der Waals surface area contributed by atoms with Gasteiger partial charge in [-0.25, -0.2) is 0 Å². The molecule has 0 heterocycles. The number of nitrogens with two attached hydrogens (primary N) is 1. The van der Waals surface area contributed by atoms with Gasteiger partial charge in [-0.1, -0.05) is 24.3 Å². The van der Waals surface area contributed by atoms with Crippen molar-refractivity contribution >= 4 is 11.8 Å². The molecule has 0 spiro atoms. The average Bonchev–Trinajstić information content (AvgIpc) is 2.66. The van der Waals surface area contributed by atoms with Crippen LogP contribution in [0, 0.1) is 0 Å². The van der Waals surface area contributed by atoms with Crippen LogP contribution in [0.3, 0.4) is 0 Å². The van der Waals surface area contributed by atoms with E-state index < -0.39 is 0 Å². The van der Waals surface area contributed by atoms with Gasteiger partial charge < -0.3 is 21.3 Å². The molecule has 0 aliphatic rings. The summed E-state index contributed by atoms with van der Waals surface area (Å²) in [5, 5.41) is 5.74. The summed E-state index contributed by atoms with van der Waals surface area (Å²) in [5.74, 6) is -0.235. The van der Waals surface area contributed by atoms with Crippen molar-refractivity contribution in [3.8, 4) is 0 Å².